The Bertz CT molecular complexity index is 244. The Morgan fingerprint density at radius 1 is 1.50 bits per heavy atom. The average Bonchev–Trinajstić information content (AvgIpc) is 2.14. The van der Waals surface area contributed by atoms with E-state index in [4.69, 9.17) is 6.85 Å². The number of hydrogen-bond donors (Lipinski definition) is 0. The third kappa shape index (κ3) is 4.37. The van der Waals surface area contributed by atoms with E-state index in [1.54, 1.807) is 0 Å². The van der Waals surface area contributed by atoms with Crippen LogP contribution in [0, 0.1) is 5.92 Å². The van der Waals surface area contributed by atoms with Gasteiger partial charge in [-0.15, -0.1) is 0 Å². The molecule has 0 fully saturated rings. The summed E-state index contributed by atoms with van der Waals surface area (Å²) in [5.41, 5.74) is 0. The first-order valence-corrected chi connectivity index (χ1v) is 4.38. The first-order chi connectivity index (χ1) is 7.65. The Balaban J connectivity index is 4.59. The molecule has 0 N–H and O–H groups in total. The minimum absolute atomic E-state index is 0.414. The topological polar surface area (TPSA) is 26.3 Å². The lowest BCUT2D eigenvalue weighted by Gasteiger charge is -2.12. The van der Waals surface area contributed by atoms with Crippen LogP contribution in [-0.4, -0.2) is 12.5 Å². The van der Waals surface area contributed by atoms with Crippen molar-refractivity contribution in [2.45, 2.75) is 46.4 Å². The molecule has 0 saturated heterocycles. The normalized spacial score (nSPS) is 18.8. The lowest BCUT2D eigenvalue weighted by Crippen LogP contribution is -2.17. The zero-order chi connectivity index (χ0) is 13.7. The third-order valence-electron chi connectivity index (χ3n) is 1.76. The van der Waals surface area contributed by atoms with Gasteiger partial charge in [-0.05, 0) is 19.7 Å². The van der Waals surface area contributed by atoms with E-state index in [1.165, 1.54) is 0 Å². The van der Waals surface area contributed by atoms with Crippen molar-refractivity contribution in [3.63, 3.8) is 0 Å². The predicted octanol–water partition coefficient (Wildman–Crippen LogP) is 2.77. The SMILES string of the molecule is [2H]C([2H])([2H])C([2H])([2H])OC(=O)C(CCC)CCC. The summed E-state index contributed by atoms with van der Waals surface area (Å²) in [6, 6.07) is 0. The molecule has 0 aromatic rings. The Labute approximate surface area is 82.3 Å². The number of carbonyl (C=O) groups is 1. The number of carbonyl (C=O) groups excluding carboxylic acids is 1. The van der Waals surface area contributed by atoms with Gasteiger partial charge in [-0.1, -0.05) is 26.7 Å². The van der Waals surface area contributed by atoms with Crippen molar-refractivity contribution < 1.29 is 16.4 Å². The van der Waals surface area contributed by atoms with Gasteiger partial charge in [0.05, 0.1) is 15.2 Å². The van der Waals surface area contributed by atoms with Crippen molar-refractivity contribution in [1.82, 2.24) is 0 Å². The molecular formula is C10H20O2. The fourth-order valence-electron chi connectivity index (χ4n) is 1.21. The smallest absolute Gasteiger partial charge is 0.308 e. The molecule has 2 nitrogen and oxygen atoms in total. The second-order valence-corrected chi connectivity index (χ2v) is 2.80. The van der Waals surface area contributed by atoms with Crippen LogP contribution >= 0.6 is 0 Å². The molecule has 0 aliphatic rings. The van der Waals surface area contributed by atoms with E-state index in [1.807, 2.05) is 13.8 Å². The highest BCUT2D eigenvalue weighted by Crippen LogP contribution is 2.14. The van der Waals surface area contributed by atoms with E-state index in [2.05, 4.69) is 4.74 Å². The highest BCUT2D eigenvalue weighted by molar-refractivity contribution is 5.72. The molecule has 0 spiro atoms. The standard InChI is InChI=1S/C10H20O2/c1-4-7-9(8-5-2)10(11)12-6-3/h9H,4-8H2,1-3H3/i3D3,6D2. The first-order valence-electron chi connectivity index (χ1n) is 6.88. The molecule has 0 unspecified atom stereocenters. The second kappa shape index (κ2) is 7.14. The van der Waals surface area contributed by atoms with E-state index >= 15 is 0 Å². The lowest BCUT2D eigenvalue weighted by molar-refractivity contribution is -0.148. The van der Waals surface area contributed by atoms with Crippen LogP contribution in [0.25, 0.3) is 0 Å². The van der Waals surface area contributed by atoms with Crippen molar-refractivity contribution in [2.75, 3.05) is 6.56 Å². The summed E-state index contributed by atoms with van der Waals surface area (Å²) in [5, 5.41) is 0. The molecule has 0 aromatic carbocycles. The molecule has 0 heterocycles. The van der Waals surface area contributed by atoms with E-state index in [-0.39, 0.29) is 0 Å². The minimum Gasteiger partial charge on any atom is -0.466 e. The lowest BCUT2D eigenvalue weighted by atomic mass is 9.99. The molecule has 0 amide bonds. The van der Waals surface area contributed by atoms with Gasteiger partial charge in [0.25, 0.3) is 0 Å². The van der Waals surface area contributed by atoms with Crippen molar-refractivity contribution in [3.05, 3.63) is 0 Å². The highest BCUT2D eigenvalue weighted by atomic mass is 16.5. The maximum atomic E-state index is 11.7. The maximum Gasteiger partial charge on any atom is 0.308 e. The van der Waals surface area contributed by atoms with Crippen molar-refractivity contribution in [3.8, 4) is 0 Å². The van der Waals surface area contributed by atoms with E-state index in [9.17, 15) is 4.79 Å². The van der Waals surface area contributed by atoms with Gasteiger partial charge in [-0.3, -0.25) is 4.79 Å². The Hall–Kier alpha value is -0.530. The zero-order valence-electron chi connectivity index (χ0n) is 12.7. The molecule has 0 saturated carbocycles. The van der Waals surface area contributed by atoms with E-state index in [0.29, 0.717) is 12.8 Å². The quantitative estimate of drug-likeness (QED) is 0.583. The third-order valence-corrected chi connectivity index (χ3v) is 1.76. The minimum atomic E-state index is -2.95. The van der Waals surface area contributed by atoms with Crippen LogP contribution in [0.5, 0.6) is 0 Å². The molecule has 72 valence electrons. The first kappa shape index (κ1) is 5.25. The predicted molar refractivity (Wildman–Crippen MR) is 49.9 cm³/mol. The number of hydrogen-bond acceptors (Lipinski definition) is 2. The molecule has 0 radical (unpaired) electrons. The average molecular weight is 177 g/mol. The van der Waals surface area contributed by atoms with Crippen LogP contribution in [0.1, 0.15) is 53.2 Å². The molecular weight excluding hydrogens is 152 g/mol. The van der Waals surface area contributed by atoms with Crippen LogP contribution in [0.2, 0.25) is 0 Å². The number of esters is 1. The summed E-state index contributed by atoms with van der Waals surface area (Å²) in [6.07, 6.45) is 2.72. The number of ether oxygens (including phenoxy) is 1. The van der Waals surface area contributed by atoms with Gasteiger partial charge in [0.1, 0.15) is 0 Å². The molecule has 0 aliphatic carbocycles. The van der Waals surface area contributed by atoms with Crippen LogP contribution in [0.15, 0.2) is 0 Å². The van der Waals surface area contributed by atoms with E-state index < -0.39 is 25.3 Å². The van der Waals surface area contributed by atoms with Crippen LogP contribution in [0.4, 0.5) is 0 Å². The van der Waals surface area contributed by atoms with Gasteiger partial charge in [0.15, 0.2) is 0 Å². The fraction of sp³-hybridized carbons (Fsp3) is 0.900. The monoisotopic (exact) mass is 177 g/mol. The molecule has 2 heteroatoms. The van der Waals surface area contributed by atoms with Gasteiger partial charge in [-0.2, -0.15) is 0 Å². The summed E-state index contributed by atoms with van der Waals surface area (Å²) in [5.74, 6) is -1.17. The molecule has 12 heavy (non-hydrogen) atoms. The van der Waals surface area contributed by atoms with Crippen LogP contribution < -0.4 is 0 Å². The number of rotatable bonds is 6. The Kier molecular flexibility index (Phi) is 3.12. The van der Waals surface area contributed by atoms with Gasteiger partial charge in [0, 0.05) is 4.11 Å². The van der Waals surface area contributed by atoms with Gasteiger partial charge < -0.3 is 4.74 Å². The zero-order valence-corrected chi connectivity index (χ0v) is 7.72. The molecule has 0 aliphatic heterocycles. The summed E-state index contributed by atoms with van der Waals surface area (Å²) in [7, 11) is 0. The Morgan fingerprint density at radius 2 is 2.08 bits per heavy atom. The van der Waals surface area contributed by atoms with E-state index in [0.717, 1.165) is 12.8 Å². The van der Waals surface area contributed by atoms with Gasteiger partial charge in [-0.25, -0.2) is 0 Å². The second-order valence-electron chi connectivity index (χ2n) is 2.80. The van der Waals surface area contributed by atoms with Crippen LogP contribution in [-0.2, 0) is 9.53 Å². The maximum absolute atomic E-state index is 11.7. The van der Waals surface area contributed by atoms with Gasteiger partial charge in [0.2, 0.25) is 0 Å². The summed E-state index contributed by atoms with van der Waals surface area (Å²) >= 11 is 0. The highest BCUT2D eigenvalue weighted by Gasteiger charge is 2.16. The summed E-state index contributed by atoms with van der Waals surface area (Å²) in [4.78, 5) is 11.7. The van der Waals surface area contributed by atoms with Crippen molar-refractivity contribution >= 4 is 5.97 Å². The molecule has 0 bridgehead atoms. The van der Waals surface area contributed by atoms with Crippen molar-refractivity contribution in [1.29, 1.82) is 0 Å². The Morgan fingerprint density at radius 3 is 2.50 bits per heavy atom. The van der Waals surface area contributed by atoms with Gasteiger partial charge >= 0.3 is 5.97 Å². The molecule has 0 aromatic heterocycles. The summed E-state index contributed by atoms with van der Waals surface area (Å²) < 4.78 is 39.8. The van der Waals surface area contributed by atoms with Crippen LogP contribution in [0.3, 0.4) is 0 Å². The van der Waals surface area contributed by atoms with Crippen molar-refractivity contribution in [2.24, 2.45) is 5.92 Å². The largest absolute Gasteiger partial charge is 0.466 e. The molecule has 0 rings (SSSR count). The summed E-state index contributed by atoms with van der Waals surface area (Å²) in [6.45, 7) is -2.04. The fourth-order valence-corrected chi connectivity index (χ4v) is 1.21. The molecule has 0 atom stereocenters.